The summed E-state index contributed by atoms with van der Waals surface area (Å²) in [5.41, 5.74) is 1.02. The molecule has 0 aliphatic rings. The Kier molecular flexibility index (Phi) is 6.25. The van der Waals surface area contributed by atoms with Gasteiger partial charge in [0.05, 0.1) is 0 Å². The van der Waals surface area contributed by atoms with Gasteiger partial charge in [-0.1, -0.05) is 23.2 Å². The lowest BCUT2D eigenvalue weighted by molar-refractivity contribution is 0.217. The first kappa shape index (κ1) is 15.1. The fourth-order valence-corrected chi connectivity index (χ4v) is 1.93. The topological polar surface area (TPSA) is 44.4 Å². The van der Waals surface area contributed by atoms with Crippen molar-refractivity contribution < 1.29 is 4.79 Å². The molecule has 4 nitrogen and oxygen atoms in total. The second kappa shape index (κ2) is 7.46. The van der Waals surface area contributed by atoms with Crippen molar-refractivity contribution in [1.82, 2.24) is 15.5 Å². The molecule has 0 aliphatic heterocycles. The van der Waals surface area contributed by atoms with Crippen molar-refractivity contribution in [2.24, 2.45) is 0 Å². The highest BCUT2D eigenvalue weighted by Gasteiger charge is 2.01. The summed E-state index contributed by atoms with van der Waals surface area (Å²) < 4.78 is 0. The van der Waals surface area contributed by atoms with E-state index in [0.717, 1.165) is 5.56 Å². The maximum absolute atomic E-state index is 11.2. The molecule has 0 spiro atoms. The number of nitrogens with zero attached hydrogens (tertiary/aromatic N) is 1. The predicted octanol–water partition coefficient (Wildman–Crippen LogP) is 2.35. The Morgan fingerprint density at radius 3 is 2.33 bits per heavy atom. The molecule has 0 aromatic heterocycles. The second-order valence-electron chi connectivity index (χ2n) is 4.08. The van der Waals surface area contributed by atoms with E-state index in [1.807, 2.05) is 12.1 Å². The molecular formula is C12H17Cl2N3O. The molecule has 1 aromatic carbocycles. The molecule has 0 aliphatic carbocycles. The van der Waals surface area contributed by atoms with E-state index in [2.05, 4.69) is 10.6 Å². The van der Waals surface area contributed by atoms with Crippen LogP contribution in [0.2, 0.25) is 10.0 Å². The number of urea groups is 1. The molecule has 2 amide bonds. The van der Waals surface area contributed by atoms with Gasteiger partial charge in [0.25, 0.3) is 0 Å². The van der Waals surface area contributed by atoms with E-state index in [9.17, 15) is 4.79 Å². The van der Waals surface area contributed by atoms with Crippen LogP contribution >= 0.6 is 23.2 Å². The quantitative estimate of drug-likeness (QED) is 0.818. The molecule has 18 heavy (non-hydrogen) atoms. The number of nitrogens with one attached hydrogen (secondary N) is 2. The first-order valence-electron chi connectivity index (χ1n) is 5.60. The highest BCUT2D eigenvalue weighted by molar-refractivity contribution is 6.34. The zero-order chi connectivity index (χ0) is 13.5. The lowest BCUT2D eigenvalue weighted by Crippen LogP contribution is -2.38. The van der Waals surface area contributed by atoms with Crippen molar-refractivity contribution in [3.05, 3.63) is 33.8 Å². The Balaban J connectivity index is 2.24. The lowest BCUT2D eigenvalue weighted by Gasteiger charge is -2.12. The van der Waals surface area contributed by atoms with E-state index in [0.29, 0.717) is 29.7 Å². The maximum Gasteiger partial charge on any atom is 0.316 e. The number of benzene rings is 1. The van der Waals surface area contributed by atoms with E-state index >= 15 is 0 Å². The maximum atomic E-state index is 11.2. The number of hydrogen-bond donors (Lipinski definition) is 2. The predicted molar refractivity (Wildman–Crippen MR) is 75.3 cm³/mol. The summed E-state index contributed by atoms with van der Waals surface area (Å²) in [7, 11) is 3.41. The minimum atomic E-state index is -0.0948. The highest BCUT2D eigenvalue weighted by Crippen LogP contribution is 2.18. The van der Waals surface area contributed by atoms with Gasteiger partial charge in [0, 0.05) is 43.8 Å². The van der Waals surface area contributed by atoms with Gasteiger partial charge >= 0.3 is 6.03 Å². The third-order valence-electron chi connectivity index (χ3n) is 2.24. The summed E-state index contributed by atoms with van der Waals surface area (Å²) in [6.45, 7) is 1.92. The van der Waals surface area contributed by atoms with E-state index in [1.54, 1.807) is 20.2 Å². The summed E-state index contributed by atoms with van der Waals surface area (Å²) in [4.78, 5) is 12.7. The fourth-order valence-electron chi connectivity index (χ4n) is 1.36. The highest BCUT2D eigenvalue weighted by atomic mass is 35.5. The van der Waals surface area contributed by atoms with E-state index < -0.39 is 0 Å². The largest absolute Gasteiger partial charge is 0.337 e. The molecule has 0 bridgehead atoms. The van der Waals surface area contributed by atoms with Crippen molar-refractivity contribution in [3.63, 3.8) is 0 Å². The molecule has 0 saturated heterocycles. The van der Waals surface area contributed by atoms with Crippen molar-refractivity contribution in [2.75, 3.05) is 27.2 Å². The summed E-state index contributed by atoms with van der Waals surface area (Å²) in [6, 6.07) is 5.32. The average molecular weight is 290 g/mol. The minimum absolute atomic E-state index is 0.0948. The van der Waals surface area contributed by atoms with Crippen LogP contribution in [0.15, 0.2) is 18.2 Å². The Morgan fingerprint density at radius 1 is 1.17 bits per heavy atom. The lowest BCUT2D eigenvalue weighted by atomic mass is 10.2. The number of halogens is 2. The Morgan fingerprint density at radius 2 is 1.78 bits per heavy atom. The molecule has 6 heteroatoms. The van der Waals surface area contributed by atoms with Gasteiger partial charge in [-0.3, -0.25) is 0 Å². The fraction of sp³-hybridized carbons (Fsp3) is 0.417. The molecule has 0 fully saturated rings. The third-order valence-corrected chi connectivity index (χ3v) is 2.67. The number of carbonyl (C=O) groups is 1. The normalized spacial score (nSPS) is 10.2. The van der Waals surface area contributed by atoms with Crippen LogP contribution in [0.4, 0.5) is 4.79 Å². The van der Waals surface area contributed by atoms with Gasteiger partial charge in [-0.2, -0.15) is 0 Å². The average Bonchev–Trinajstić information content (AvgIpc) is 2.26. The molecule has 1 rings (SSSR count). The van der Waals surface area contributed by atoms with Crippen LogP contribution in [-0.4, -0.2) is 38.1 Å². The van der Waals surface area contributed by atoms with Gasteiger partial charge in [-0.25, -0.2) is 4.79 Å². The van der Waals surface area contributed by atoms with Crippen molar-refractivity contribution in [3.8, 4) is 0 Å². The first-order valence-corrected chi connectivity index (χ1v) is 6.35. The van der Waals surface area contributed by atoms with Crippen LogP contribution in [0.1, 0.15) is 5.56 Å². The Hall–Kier alpha value is -0.970. The summed E-state index contributed by atoms with van der Waals surface area (Å²) in [5, 5.41) is 7.21. The number of carbonyl (C=O) groups excluding carboxylic acids is 1. The van der Waals surface area contributed by atoms with Crippen molar-refractivity contribution in [2.45, 2.75) is 6.54 Å². The van der Waals surface area contributed by atoms with Gasteiger partial charge in [0.1, 0.15) is 0 Å². The van der Waals surface area contributed by atoms with Crippen LogP contribution in [0.5, 0.6) is 0 Å². The van der Waals surface area contributed by atoms with Crippen LogP contribution in [0.25, 0.3) is 0 Å². The van der Waals surface area contributed by atoms with Crippen LogP contribution in [0.3, 0.4) is 0 Å². The zero-order valence-electron chi connectivity index (χ0n) is 10.5. The molecular weight excluding hydrogens is 273 g/mol. The smallest absolute Gasteiger partial charge is 0.316 e. The van der Waals surface area contributed by atoms with Crippen LogP contribution < -0.4 is 10.6 Å². The molecule has 0 radical (unpaired) electrons. The van der Waals surface area contributed by atoms with E-state index in [-0.39, 0.29) is 6.03 Å². The number of rotatable bonds is 5. The van der Waals surface area contributed by atoms with E-state index in [4.69, 9.17) is 23.2 Å². The molecule has 2 N–H and O–H groups in total. The summed E-state index contributed by atoms with van der Waals surface area (Å²) in [5.74, 6) is 0. The minimum Gasteiger partial charge on any atom is -0.337 e. The summed E-state index contributed by atoms with van der Waals surface area (Å²) in [6.07, 6.45) is 0. The molecule has 1 aromatic rings. The third kappa shape index (κ3) is 5.58. The van der Waals surface area contributed by atoms with E-state index in [1.165, 1.54) is 4.90 Å². The monoisotopic (exact) mass is 289 g/mol. The SMILES string of the molecule is CN(C)C(=O)NCCNCc1cc(Cl)cc(Cl)c1. The molecule has 0 heterocycles. The van der Waals surface area contributed by atoms with Gasteiger partial charge in [-0.15, -0.1) is 0 Å². The molecule has 0 atom stereocenters. The second-order valence-corrected chi connectivity index (χ2v) is 4.95. The Labute approximate surface area is 117 Å². The number of hydrogen-bond acceptors (Lipinski definition) is 2. The summed E-state index contributed by atoms with van der Waals surface area (Å²) >= 11 is 11.8. The standard InChI is InChI=1S/C12H17Cl2N3O/c1-17(2)12(18)16-4-3-15-8-9-5-10(13)7-11(14)6-9/h5-7,15H,3-4,8H2,1-2H3,(H,16,18). The van der Waals surface area contributed by atoms with Crippen LogP contribution in [-0.2, 0) is 6.54 Å². The van der Waals surface area contributed by atoms with Gasteiger partial charge in [-0.05, 0) is 23.8 Å². The number of amides is 2. The van der Waals surface area contributed by atoms with Gasteiger partial charge < -0.3 is 15.5 Å². The molecule has 100 valence electrons. The van der Waals surface area contributed by atoms with Gasteiger partial charge in [0.2, 0.25) is 0 Å². The van der Waals surface area contributed by atoms with Crippen LogP contribution in [0, 0.1) is 0 Å². The van der Waals surface area contributed by atoms with Gasteiger partial charge in [0.15, 0.2) is 0 Å². The van der Waals surface area contributed by atoms with Crippen molar-refractivity contribution in [1.29, 1.82) is 0 Å². The van der Waals surface area contributed by atoms with Crippen molar-refractivity contribution >= 4 is 29.2 Å². The zero-order valence-corrected chi connectivity index (χ0v) is 12.0. The molecule has 0 saturated carbocycles. The molecule has 0 unspecified atom stereocenters. The first-order chi connectivity index (χ1) is 8.49. The Bertz CT molecular complexity index is 390.